The second kappa shape index (κ2) is 10.6. The predicted octanol–water partition coefficient (Wildman–Crippen LogP) is 3.53. The van der Waals surface area contributed by atoms with Gasteiger partial charge in [-0.25, -0.2) is 4.79 Å². The fraction of sp³-hybridized carbons (Fsp3) is 0.304. The number of primary amides is 1. The molecular weight excluding hydrogens is 400 g/mol. The third-order valence-electron chi connectivity index (χ3n) is 4.40. The van der Waals surface area contributed by atoms with Gasteiger partial charge in [-0.15, -0.1) is 0 Å². The molecule has 0 radical (unpaired) electrons. The van der Waals surface area contributed by atoms with E-state index in [1.807, 2.05) is 39.8 Å². The van der Waals surface area contributed by atoms with Gasteiger partial charge in [0, 0.05) is 17.0 Å². The Morgan fingerprint density at radius 1 is 1.16 bits per heavy atom. The number of hydrogen-bond acceptors (Lipinski definition) is 6. The standard InChI is InChI=1S/C21H22N2O6.C2H6/c1-11-3-5-15(12(2)7-11)19(26)20-18(23-21(22)27)16-6-4-14(8-17(16)29-20)28-10-13(25)9-24;1-2/h3-8,13,24-25H,9-10H2,1-2H3,(H3,22,23,27);1-2H3. The number of nitrogens with two attached hydrogens (primary N) is 1. The van der Waals surface area contributed by atoms with Crippen LogP contribution in [0.25, 0.3) is 11.0 Å². The van der Waals surface area contributed by atoms with E-state index in [2.05, 4.69) is 5.32 Å². The molecule has 1 aromatic heterocycles. The van der Waals surface area contributed by atoms with Crippen LogP contribution < -0.4 is 15.8 Å². The molecule has 0 aliphatic rings. The van der Waals surface area contributed by atoms with E-state index in [0.29, 0.717) is 22.3 Å². The third-order valence-corrected chi connectivity index (χ3v) is 4.40. The van der Waals surface area contributed by atoms with Crippen LogP contribution in [0.3, 0.4) is 0 Å². The minimum Gasteiger partial charge on any atom is -0.491 e. The summed E-state index contributed by atoms with van der Waals surface area (Å²) in [7, 11) is 0. The van der Waals surface area contributed by atoms with Gasteiger partial charge < -0.3 is 30.4 Å². The zero-order chi connectivity index (χ0) is 23.1. The number of hydrogen-bond donors (Lipinski definition) is 4. The number of aryl methyl sites for hydroxylation is 2. The van der Waals surface area contributed by atoms with Crippen molar-refractivity contribution in [3.05, 3.63) is 58.8 Å². The summed E-state index contributed by atoms with van der Waals surface area (Å²) in [5, 5.41) is 21.2. The maximum absolute atomic E-state index is 13.1. The van der Waals surface area contributed by atoms with Crippen molar-refractivity contribution in [2.24, 2.45) is 5.73 Å². The van der Waals surface area contributed by atoms with Crippen LogP contribution in [0.5, 0.6) is 5.75 Å². The number of nitrogens with one attached hydrogen (secondary N) is 1. The van der Waals surface area contributed by atoms with Crippen LogP contribution in [-0.2, 0) is 0 Å². The van der Waals surface area contributed by atoms with Crippen LogP contribution in [0, 0.1) is 13.8 Å². The number of ketones is 1. The molecule has 3 rings (SSSR count). The van der Waals surface area contributed by atoms with E-state index in [0.717, 1.165) is 11.1 Å². The highest BCUT2D eigenvalue weighted by atomic mass is 16.5. The summed E-state index contributed by atoms with van der Waals surface area (Å²) in [6.45, 7) is 7.22. The first-order chi connectivity index (χ1) is 14.8. The summed E-state index contributed by atoms with van der Waals surface area (Å²) >= 11 is 0. The summed E-state index contributed by atoms with van der Waals surface area (Å²) in [4.78, 5) is 24.6. The molecule has 1 heterocycles. The van der Waals surface area contributed by atoms with Crippen LogP contribution in [0.1, 0.15) is 41.1 Å². The Labute approximate surface area is 180 Å². The second-order valence-corrected chi connectivity index (χ2v) is 6.75. The Bertz CT molecular complexity index is 1070. The smallest absolute Gasteiger partial charge is 0.316 e. The van der Waals surface area contributed by atoms with Crippen molar-refractivity contribution >= 4 is 28.5 Å². The summed E-state index contributed by atoms with van der Waals surface area (Å²) in [5.74, 6) is -0.0613. The number of benzene rings is 2. The van der Waals surface area contributed by atoms with Crippen molar-refractivity contribution in [1.82, 2.24) is 0 Å². The van der Waals surface area contributed by atoms with Crippen LogP contribution in [0.2, 0.25) is 0 Å². The van der Waals surface area contributed by atoms with Crippen molar-refractivity contribution in [2.45, 2.75) is 33.8 Å². The molecule has 31 heavy (non-hydrogen) atoms. The SMILES string of the molecule is CC.Cc1ccc(C(=O)c2oc3cc(OCC(O)CO)ccc3c2NC(N)=O)c(C)c1. The number of furan rings is 1. The predicted molar refractivity (Wildman–Crippen MR) is 119 cm³/mol. The molecule has 3 aromatic rings. The Balaban J connectivity index is 0.00000166. The molecule has 0 bridgehead atoms. The van der Waals surface area contributed by atoms with E-state index < -0.39 is 18.7 Å². The summed E-state index contributed by atoms with van der Waals surface area (Å²) in [5.41, 5.74) is 8.01. The van der Waals surface area contributed by atoms with Crippen LogP contribution >= 0.6 is 0 Å². The number of anilines is 1. The molecule has 0 saturated carbocycles. The minimum absolute atomic E-state index is 0.0432. The molecule has 8 nitrogen and oxygen atoms in total. The van der Waals surface area contributed by atoms with Gasteiger partial charge in [0.1, 0.15) is 29.7 Å². The fourth-order valence-corrected chi connectivity index (χ4v) is 3.01. The van der Waals surface area contributed by atoms with Crippen LogP contribution in [0.4, 0.5) is 10.5 Å². The van der Waals surface area contributed by atoms with Crippen molar-refractivity contribution < 1.29 is 29.0 Å². The van der Waals surface area contributed by atoms with E-state index in [1.165, 1.54) is 6.07 Å². The summed E-state index contributed by atoms with van der Waals surface area (Å²) in [6.07, 6.45) is -1.02. The first-order valence-electron chi connectivity index (χ1n) is 9.96. The largest absolute Gasteiger partial charge is 0.491 e. The number of carbonyl (C=O) groups excluding carboxylic acids is 2. The van der Waals surface area contributed by atoms with E-state index in [1.54, 1.807) is 18.2 Å². The highest BCUT2D eigenvalue weighted by Gasteiger charge is 2.24. The molecule has 2 aromatic carbocycles. The number of ether oxygens (including phenoxy) is 1. The maximum atomic E-state index is 13.1. The average Bonchev–Trinajstić information content (AvgIpc) is 3.10. The average molecular weight is 428 g/mol. The lowest BCUT2D eigenvalue weighted by Crippen LogP contribution is -2.21. The normalized spacial score (nSPS) is 11.4. The molecule has 0 aliphatic carbocycles. The molecule has 5 N–H and O–H groups in total. The first kappa shape index (κ1) is 23.9. The van der Waals surface area contributed by atoms with Gasteiger partial charge in [-0.3, -0.25) is 4.79 Å². The van der Waals surface area contributed by atoms with E-state index in [4.69, 9.17) is 20.0 Å². The zero-order valence-electron chi connectivity index (χ0n) is 18.1. The molecule has 0 fully saturated rings. The lowest BCUT2D eigenvalue weighted by atomic mass is 10.00. The van der Waals surface area contributed by atoms with Crippen molar-refractivity contribution in [3.8, 4) is 5.75 Å². The van der Waals surface area contributed by atoms with Gasteiger partial charge in [0.15, 0.2) is 5.76 Å². The Kier molecular flexibility index (Phi) is 8.18. The lowest BCUT2D eigenvalue weighted by molar-refractivity contribution is 0.0536. The highest BCUT2D eigenvalue weighted by Crippen LogP contribution is 2.35. The third kappa shape index (κ3) is 5.62. The zero-order valence-corrected chi connectivity index (χ0v) is 18.1. The number of carbonyl (C=O) groups is 2. The molecule has 8 heteroatoms. The molecule has 0 saturated heterocycles. The molecule has 166 valence electrons. The molecule has 1 unspecified atom stereocenters. The van der Waals surface area contributed by atoms with Crippen LogP contribution in [0.15, 0.2) is 40.8 Å². The number of aliphatic hydroxyl groups excluding tert-OH is 2. The monoisotopic (exact) mass is 428 g/mol. The number of rotatable bonds is 7. The van der Waals surface area contributed by atoms with E-state index in [-0.39, 0.29) is 23.8 Å². The number of amides is 2. The lowest BCUT2D eigenvalue weighted by Gasteiger charge is -2.09. The van der Waals surface area contributed by atoms with Gasteiger partial charge >= 0.3 is 6.03 Å². The Hall–Kier alpha value is -3.36. The molecule has 2 amide bonds. The second-order valence-electron chi connectivity index (χ2n) is 6.75. The Morgan fingerprint density at radius 3 is 2.48 bits per heavy atom. The van der Waals surface area contributed by atoms with Gasteiger partial charge in [0.25, 0.3) is 0 Å². The summed E-state index contributed by atoms with van der Waals surface area (Å²) < 4.78 is 11.2. The molecule has 0 aliphatic heterocycles. The van der Waals surface area contributed by atoms with E-state index >= 15 is 0 Å². The van der Waals surface area contributed by atoms with Crippen LogP contribution in [-0.4, -0.2) is 41.3 Å². The number of urea groups is 1. The topological polar surface area (TPSA) is 135 Å². The van der Waals surface area contributed by atoms with Gasteiger partial charge in [-0.05, 0) is 31.5 Å². The maximum Gasteiger partial charge on any atom is 0.316 e. The summed E-state index contributed by atoms with van der Waals surface area (Å²) in [6, 6.07) is 9.33. The Morgan fingerprint density at radius 2 is 1.87 bits per heavy atom. The molecule has 0 spiro atoms. The van der Waals surface area contributed by atoms with Gasteiger partial charge in [-0.2, -0.15) is 0 Å². The van der Waals surface area contributed by atoms with Crippen molar-refractivity contribution in [1.29, 1.82) is 0 Å². The molecular formula is C23H28N2O6. The van der Waals surface area contributed by atoms with Crippen molar-refractivity contribution in [2.75, 3.05) is 18.5 Å². The van der Waals surface area contributed by atoms with Gasteiger partial charge in [0.2, 0.25) is 5.78 Å². The van der Waals surface area contributed by atoms with Gasteiger partial charge in [-0.1, -0.05) is 37.6 Å². The number of aliphatic hydroxyl groups is 2. The highest BCUT2D eigenvalue weighted by molar-refractivity contribution is 6.17. The van der Waals surface area contributed by atoms with Gasteiger partial charge in [0.05, 0.1) is 6.61 Å². The number of fused-ring (bicyclic) bond motifs is 1. The van der Waals surface area contributed by atoms with Crippen molar-refractivity contribution in [3.63, 3.8) is 0 Å². The fourth-order valence-electron chi connectivity index (χ4n) is 3.01. The minimum atomic E-state index is -1.02. The first-order valence-corrected chi connectivity index (χ1v) is 9.96. The molecule has 1 atom stereocenters. The quantitative estimate of drug-likeness (QED) is 0.425. The van der Waals surface area contributed by atoms with E-state index in [9.17, 15) is 14.7 Å².